The quantitative estimate of drug-likeness (QED) is 0.485. The zero-order chi connectivity index (χ0) is 20.7. The van der Waals surface area contributed by atoms with E-state index < -0.39 is 18.0 Å². The summed E-state index contributed by atoms with van der Waals surface area (Å²) in [6.45, 7) is 7.81. The highest BCUT2D eigenvalue weighted by Gasteiger charge is 2.39. The normalized spacial score (nSPS) is 18.2. The summed E-state index contributed by atoms with van der Waals surface area (Å²) in [6, 6.07) is 0. The Labute approximate surface area is 166 Å². The van der Waals surface area contributed by atoms with Crippen LogP contribution < -0.4 is 0 Å². The van der Waals surface area contributed by atoms with E-state index in [0.717, 1.165) is 47.6 Å². The van der Waals surface area contributed by atoms with E-state index >= 15 is 0 Å². The highest BCUT2D eigenvalue weighted by molar-refractivity contribution is 7.99. The Balaban J connectivity index is 2.49. The Hall–Kier alpha value is -2.03. The van der Waals surface area contributed by atoms with Crippen molar-refractivity contribution in [3.05, 3.63) is 35.7 Å². The molecule has 0 radical (unpaired) electrons. The molecule has 1 aromatic heterocycles. The molecule has 0 unspecified atom stereocenters. The molecular formula is C19H24F3N3O2S. The predicted octanol–water partition coefficient (Wildman–Crippen LogP) is 5.26. The minimum Gasteiger partial charge on any atom is -0.465 e. The van der Waals surface area contributed by atoms with Gasteiger partial charge in [-0.15, -0.1) is 10.2 Å². The number of alkyl halides is 3. The number of hydrogen-bond acceptors (Lipinski definition) is 5. The Morgan fingerprint density at radius 2 is 1.96 bits per heavy atom. The van der Waals surface area contributed by atoms with Crippen LogP contribution in [0.5, 0.6) is 0 Å². The number of carbonyl (C=O) groups excluding carboxylic acids is 1. The summed E-state index contributed by atoms with van der Waals surface area (Å²) < 4.78 is 46.5. The van der Waals surface area contributed by atoms with Gasteiger partial charge < -0.3 is 4.74 Å². The van der Waals surface area contributed by atoms with Gasteiger partial charge in [0.05, 0.1) is 18.1 Å². The van der Waals surface area contributed by atoms with Crippen LogP contribution in [0.1, 0.15) is 51.8 Å². The van der Waals surface area contributed by atoms with E-state index in [-0.39, 0.29) is 17.5 Å². The first-order valence-electron chi connectivity index (χ1n) is 9.11. The summed E-state index contributed by atoms with van der Waals surface area (Å²) in [5, 5.41) is 7.02. The molecule has 0 aliphatic heterocycles. The first kappa shape index (κ1) is 22.3. The van der Waals surface area contributed by atoms with Gasteiger partial charge in [-0.05, 0) is 51.2 Å². The number of aromatic nitrogens is 3. The molecule has 1 heterocycles. The number of halogens is 3. The number of carbonyl (C=O) groups is 1. The molecule has 1 aromatic rings. The molecule has 0 saturated carbocycles. The second-order valence-electron chi connectivity index (χ2n) is 6.46. The summed E-state index contributed by atoms with van der Waals surface area (Å²) >= 11 is 0.862. The van der Waals surface area contributed by atoms with Crippen LogP contribution in [-0.2, 0) is 15.7 Å². The van der Waals surface area contributed by atoms with Crippen molar-refractivity contribution in [2.24, 2.45) is 0 Å². The Kier molecular flexibility index (Phi) is 7.91. The number of hydrogen-bond donors (Lipinski definition) is 0. The SMILES string of the molecule is C=C1CCCCC/C(C)=C\C=C1n1c(SCC(=O)OCC)nnc1C(F)(F)F. The molecule has 2 rings (SSSR count). The third-order valence-electron chi connectivity index (χ3n) is 4.19. The second kappa shape index (κ2) is 9.95. The predicted molar refractivity (Wildman–Crippen MR) is 103 cm³/mol. The molecule has 0 aromatic carbocycles. The monoisotopic (exact) mass is 415 g/mol. The number of rotatable bonds is 5. The van der Waals surface area contributed by atoms with Crippen LogP contribution >= 0.6 is 11.8 Å². The van der Waals surface area contributed by atoms with Gasteiger partial charge in [0.2, 0.25) is 5.82 Å². The molecule has 9 heteroatoms. The number of nitrogens with zero attached hydrogens (tertiary/aromatic N) is 3. The van der Waals surface area contributed by atoms with E-state index in [1.165, 1.54) is 0 Å². The fourth-order valence-corrected chi connectivity index (χ4v) is 3.54. The van der Waals surface area contributed by atoms with Gasteiger partial charge >= 0.3 is 12.1 Å². The van der Waals surface area contributed by atoms with Crippen LogP contribution in [0.3, 0.4) is 0 Å². The topological polar surface area (TPSA) is 57.0 Å². The highest BCUT2D eigenvalue weighted by atomic mass is 32.2. The van der Waals surface area contributed by atoms with Gasteiger partial charge in [-0.2, -0.15) is 13.2 Å². The minimum atomic E-state index is -4.69. The Bertz CT molecular complexity index is 782. The van der Waals surface area contributed by atoms with Gasteiger partial charge in [0.15, 0.2) is 5.16 Å². The number of thioether (sulfide) groups is 1. The van der Waals surface area contributed by atoms with Crippen LogP contribution in [0.25, 0.3) is 5.70 Å². The lowest BCUT2D eigenvalue weighted by Crippen LogP contribution is -2.16. The fourth-order valence-electron chi connectivity index (χ4n) is 2.79. The first-order chi connectivity index (χ1) is 13.2. The molecule has 1 aliphatic rings. The molecule has 0 N–H and O–H groups in total. The van der Waals surface area contributed by atoms with Gasteiger partial charge in [0, 0.05) is 0 Å². The zero-order valence-electron chi connectivity index (χ0n) is 16.0. The molecule has 0 atom stereocenters. The van der Waals surface area contributed by atoms with Gasteiger partial charge in [0.25, 0.3) is 0 Å². The first-order valence-corrected chi connectivity index (χ1v) is 10.1. The van der Waals surface area contributed by atoms with E-state index in [4.69, 9.17) is 4.74 Å². The lowest BCUT2D eigenvalue weighted by molar-refractivity contribution is -0.146. The Morgan fingerprint density at radius 1 is 1.25 bits per heavy atom. The third-order valence-corrected chi connectivity index (χ3v) is 5.09. The molecule has 28 heavy (non-hydrogen) atoms. The van der Waals surface area contributed by atoms with E-state index in [1.54, 1.807) is 13.0 Å². The Morgan fingerprint density at radius 3 is 2.64 bits per heavy atom. The average molecular weight is 415 g/mol. The lowest BCUT2D eigenvalue weighted by atomic mass is 10.00. The van der Waals surface area contributed by atoms with Crippen molar-refractivity contribution in [3.63, 3.8) is 0 Å². The maximum absolute atomic E-state index is 13.6. The molecule has 0 saturated heterocycles. The van der Waals surface area contributed by atoms with Crippen molar-refractivity contribution in [1.82, 2.24) is 14.8 Å². The van der Waals surface area contributed by atoms with Crippen LogP contribution in [0.2, 0.25) is 0 Å². The molecule has 154 valence electrons. The van der Waals surface area contributed by atoms with E-state index in [1.807, 2.05) is 13.0 Å². The van der Waals surface area contributed by atoms with Crippen LogP contribution in [0.15, 0.2) is 35.0 Å². The summed E-state index contributed by atoms with van der Waals surface area (Å²) in [5.41, 5.74) is 1.95. The van der Waals surface area contributed by atoms with Gasteiger partial charge in [-0.1, -0.05) is 36.4 Å². The number of allylic oxidation sites excluding steroid dienone is 5. The second-order valence-corrected chi connectivity index (χ2v) is 7.40. The number of esters is 1. The molecular weight excluding hydrogens is 391 g/mol. The van der Waals surface area contributed by atoms with Crippen LogP contribution in [0.4, 0.5) is 13.2 Å². The molecule has 0 amide bonds. The summed E-state index contributed by atoms with van der Waals surface area (Å²) in [4.78, 5) is 11.6. The smallest absolute Gasteiger partial charge is 0.452 e. The van der Waals surface area contributed by atoms with E-state index in [9.17, 15) is 18.0 Å². The highest BCUT2D eigenvalue weighted by Crippen LogP contribution is 2.35. The maximum atomic E-state index is 13.6. The molecule has 0 fully saturated rings. The molecule has 1 aliphatic carbocycles. The van der Waals surface area contributed by atoms with Crippen molar-refractivity contribution in [3.8, 4) is 0 Å². The van der Waals surface area contributed by atoms with Crippen molar-refractivity contribution in [2.75, 3.05) is 12.4 Å². The third kappa shape index (κ3) is 5.98. The largest absolute Gasteiger partial charge is 0.465 e. The summed E-state index contributed by atoms with van der Waals surface area (Å²) in [5.74, 6) is -1.81. The molecule has 5 nitrogen and oxygen atoms in total. The van der Waals surface area contributed by atoms with Crippen LogP contribution in [0, 0.1) is 0 Å². The summed E-state index contributed by atoms with van der Waals surface area (Å²) in [7, 11) is 0. The van der Waals surface area contributed by atoms with E-state index in [2.05, 4.69) is 16.8 Å². The van der Waals surface area contributed by atoms with Crippen molar-refractivity contribution < 1.29 is 22.7 Å². The summed E-state index contributed by atoms with van der Waals surface area (Å²) in [6.07, 6.45) is 3.10. The molecule has 0 bridgehead atoms. The van der Waals surface area contributed by atoms with Gasteiger partial charge in [0.1, 0.15) is 0 Å². The minimum absolute atomic E-state index is 0.0177. The van der Waals surface area contributed by atoms with Crippen molar-refractivity contribution in [1.29, 1.82) is 0 Å². The van der Waals surface area contributed by atoms with Crippen LogP contribution in [-0.4, -0.2) is 33.1 Å². The number of ether oxygens (including phenoxy) is 1. The van der Waals surface area contributed by atoms with Crippen molar-refractivity contribution in [2.45, 2.75) is 57.3 Å². The fraction of sp³-hybridized carbons (Fsp3) is 0.526. The van der Waals surface area contributed by atoms with Crippen molar-refractivity contribution >= 4 is 23.4 Å². The zero-order valence-corrected chi connectivity index (χ0v) is 16.8. The molecule has 0 spiro atoms. The van der Waals surface area contributed by atoms with Gasteiger partial charge in [-0.3, -0.25) is 9.36 Å². The average Bonchev–Trinajstić information content (AvgIpc) is 3.04. The standard InChI is InChI=1S/C19H24F3N3O2S/c1-4-27-16(26)12-28-18-24-23-17(19(20,21)22)25(18)15-11-10-13(2)8-6-5-7-9-14(15)3/h10-11H,3-9,12H2,1-2H3/b13-10-,15-11?. The van der Waals surface area contributed by atoms with Gasteiger partial charge in [-0.25, -0.2) is 0 Å². The maximum Gasteiger partial charge on any atom is 0.452 e. The lowest BCUT2D eigenvalue weighted by Gasteiger charge is -2.18. The van der Waals surface area contributed by atoms with E-state index in [0.29, 0.717) is 17.7 Å².